The highest BCUT2D eigenvalue weighted by Crippen LogP contribution is 2.29. The summed E-state index contributed by atoms with van der Waals surface area (Å²) in [6.07, 6.45) is 0. The summed E-state index contributed by atoms with van der Waals surface area (Å²) in [6.45, 7) is 9.64. The van der Waals surface area contributed by atoms with Crippen LogP contribution in [0.5, 0.6) is 0 Å². The second-order valence-corrected chi connectivity index (χ2v) is 9.18. The molecular weight excluding hydrogens is 402 g/mol. The van der Waals surface area contributed by atoms with Gasteiger partial charge in [0.1, 0.15) is 22.5 Å². The van der Waals surface area contributed by atoms with Crippen molar-refractivity contribution in [2.75, 3.05) is 11.9 Å². The van der Waals surface area contributed by atoms with E-state index in [4.69, 9.17) is 9.15 Å². The fraction of sp³-hybridized carbons (Fsp3) is 0.471. The van der Waals surface area contributed by atoms with Gasteiger partial charge < -0.3 is 19.5 Å². The third kappa shape index (κ3) is 4.53. The first-order valence-electron chi connectivity index (χ1n) is 8.62. The van der Waals surface area contributed by atoms with Crippen LogP contribution < -0.4 is 10.9 Å². The zero-order valence-corrected chi connectivity index (χ0v) is 17.8. The zero-order chi connectivity index (χ0) is 20.5. The van der Waals surface area contributed by atoms with Crippen LogP contribution in [0, 0.1) is 6.92 Å². The van der Waals surface area contributed by atoms with Crippen LogP contribution in [0.1, 0.15) is 49.6 Å². The lowest BCUT2D eigenvalue weighted by Gasteiger charge is -2.18. The number of hydrogen-bond donors (Lipinski definition) is 2. The third-order valence-electron chi connectivity index (χ3n) is 3.49. The molecule has 3 rings (SSSR count). The molecule has 0 saturated heterocycles. The molecule has 2 N–H and O–H groups in total. The fourth-order valence-corrected chi connectivity index (χ4v) is 4.28. The number of nitrogens with zero attached hydrogens (tertiary/aromatic N) is 3. The van der Waals surface area contributed by atoms with Crippen molar-refractivity contribution in [3.05, 3.63) is 27.5 Å². The second-order valence-electron chi connectivity index (χ2n) is 6.98. The number of carbonyl (C=O) groups is 1. The smallest absolute Gasteiger partial charge is 0.342 e. The average Bonchev–Trinajstić information content (AvgIpc) is 3.15. The van der Waals surface area contributed by atoms with E-state index < -0.39 is 11.5 Å². The number of thioether (sulfide) groups is 1. The first kappa shape index (κ1) is 20.3. The third-order valence-corrected chi connectivity index (χ3v) is 5.47. The summed E-state index contributed by atoms with van der Waals surface area (Å²) < 4.78 is 11.3. The van der Waals surface area contributed by atoms with Crippen LogP contribution in [0.15, 0.2) is 13.6 Å². The Labute approximate surface area is 169 Å². The molecule has 3 aromatic rings. The molecule has 0 aliphatic carbocycles. The summed E-state index contributed by atoms with van der Waals surface area (Å²) in [4.78, 5) is 31.6. The Balaban J connectivity index is 1.80. The number of carbonyl (C=O) groups excluding carboxylic acids is 1. The number of fused-ring (bicyclic) bond motifs is 1. The van der Waals surface area contributed by atoms with Crippen LogP contribution in [0.2, 0.25) is 0 Å². The lowest BCUT2D eigenvalue weighted by molar-refractivity contribution is 0.0526. The van der Waals surface area contributed by atoms with Gasteiger partial charge in [0.2, 0.25) is 10.8 Å². The van der Waals surface area contributed by atoms with Gasteiger partial charge in [0, 0.05) is 5.54 Å². The number of hydrogen-bond acceptors (Lipinski definition) is 10. The van der Waals surface area contributed by atoms with Crippen LogP contribution in [-0.4, -0.2) is 38.3 Å². The van der Waals surface area contributed by atoms with E-state index in [1.807, 2.05) is 20.8 Å². The lowest BCUT2D eigenvalue weighted by Crippen LogP contribution is -2.25. The van der Waals surface area contributed by atoms with E-state index in [2.05, 4.69) is 25.5 Å². The zero-order valence-electron chi connectivity index (χ0n) is 16.2. The monoisotopic (exact) mass is 423 g/mol. The molecule has 0 unspecified atom stereocenters. The Morgan fingerprint density at radius 2 is 2.11 bits per heavy atom. The highest BCUT2D eigenvalue weighted by molar-refractivity contribution is 8.00. The Bertz CT molecular complexity index is 1060. The van der Waals surface area contributed by atoms with E-state index in [9.17, 15) is 9.59 Å². The van der Waals surface area contributed by atoms with Gasteiger partial charge in [-0.1, -0.05) is 23.1 Å². The van der Waals surface area contributed by atoms with Gasteiger partial charge in [-0.05, 0) is 34.6 Å². The molecule has 0 radical (unpaired) electrons. The van der Waals surface area contributed by atoms with Gasteiger partial charge in [-0.3, -0.25) is 4.79 Å². The fourth-order valence-electron chi connectivity index (χ4n) is 2.45. The molecule has 0 atom stereocenters. The Hall–Kier alpha value is -2.40. The summed E-state index contributed by atoms with van der Waals surface area (Å²) >= 11 is 2.83. The molecule has 0 spiro atoms. The predicted molar refractivity (Wildman–Crippen MR) is 108 cm³/mol. The number of nitrogens with one attached hydrogen (secondary N) is 2. The number of ether oxygens (including phenoxy) is 1. The van der Waals surface area contributed by atoms with Crippen LogP contribution in [0.4, 0.5) is 5.13 Å². The summed E-state index contributed by atoms with van der Waals surface area (Å²) in [5.41, 5.74) is -0.306. The van der Waals surface area contributed by atoms with Crippen LogP contribution in [0.3, 0.4) is 0 Å². The van der Waals surface area contributed by atoms with Gasteiger partial charge in [0.15, 0.2) is 4.34 Å². The molecule has 11 heteroatoms. The Kier molecular flexibility index (Phi) is 5.75. The molecule has 0 aliphatic rings. The number of H-pyrrole nitrogens is 1. The lowest BCUT2D eigenvalue weighted by atomic mass is 10.1. The van der Waals surface area contributed by atoms with Crippen molar-refractivity contribution in [2.45, 2.75) is 50.3 Å². The van der Waals surface area contributed by atoms with Crippen molar-refractivity contribution in [3.8, 4) is 0 Å². The van der Waals surface area contributed by atoms with Crippen molar-refractivity contribution in [1.29, 1.82) is 0 Å². The quantitative estimate of drug-likeness (QED) is 0.454. The van der Waals surface area contributed by atoms with Gasteiger partial charge in [-0.15, -0.1) is 10.2 Å². The molecule has 0 fully saturated rings. The van der Waals surface area contributed by atoms with Gasteiger partial charge in [0.05, 0.1) is 12.4 Å². The van der Waals surface area contributed by atoms with Crippen molar-refractivity contribution in [3.63, 3.8) is 0 Å². The van der Waals surface area contributed by atoms with Crippen molar-refractivity contribution in [1.82, 2.24) is 20.2 Å². The molecule has 9 nitrogen and oxygen atoms in total. The van der Waals surface area contributed by atoms with Gasteiger partial charge >= 0.3 is 5.97 Å². The maximum absolute atomic E-state index is 12.5. The minimum atomic E-state index is -0.596. The maximum Gasteiger partial charge on any atom is 0.342 e. The summed E-state index contributed by atoms with van der Waals surface area (Å²) in [5, 5.41) is 12.3. The summed E-state index contributed by atoms with van der Waals surface area (Å²) in [6, 6.07) is 0. The van der Waals surface area contributed by atoms with Crippen molar-refractivity contribution in [2.24, 2.45) is 0 Å². The predicted octanol–water partition coefficient (Wildman–Crippen LogP) is 3.36. The Morgan fingerprint density at radius 1 is 1.36 bits per heavy atom. The molecule has 0 aliphatic heterocycles. The van der Waals surface area contributed by atoms with Crippen LogP contribution in [-0.2, 0) is 10.5 Å². The first-order valence-corrected chi connectivity index (χ1v) is 10.4. The number of rotatable bonds is 6. The van der Waals surface area contributed by atoms with Crippen LogP contribution in [0.25, 0.3) is 11.1 Å². The van der Waals surface area contributed by atoms with E-state index in [-0.39, 0.29) is 28.8 Å². The number of esters is 1. The van der Waals surface area contributed by atoms with Crippen LogP contribution >= 0.6 is 23.1 Å². The molecule has 0 saturated carbocycles. The number of aromatic nitrogens is 4. The number of aromatic amines is 1. The van der Waals surface area contributed by atoms with Gasteiger partial charge in [-0.25, -0.2) is 4.79 Å². The molecular formula is C17H21N5O4S2. The Morgan fingerprint density at radius 3 is 2.79 bits per heavy atom. The largest absolute Gasteiger partial charge is 0.462 e. The van der Waals surface area contributed by atoms with E-state index in [1.165, 1.54) is 23.1 Å². The van der Waals surface area contributed by atoms with Gasteiger partial charge in [-0.2, -0.15) is 4.98 Å². The maximum atomic E-state index is 12.5. The van der Waals surface area contributed by atoms with E-state index in [0.29, 0.717) is 17.3 Å². The molecule has 150 valence electrons. The number of anilines is 1. The molecule has 3 heterocycles. The first-order chi connectivity index (χ1) is 13.2. The van der Waals surface area contributed by atoms with E-state index >= 15 is 0 Å². The standard InChI is InChI=1S/C17H21N5O4S2/c1-6-25-14(24)10-8(2)26-13-11(10)12(23)18-9(19-13)7-27-16-22-21-15(28-16)20-17(3,4)5/h6-7H2,1-5H3,(H,20,21)(H,18,19,23). The van der Waals surface area contributed by atoms with E-state index in [1.54, 1.807) is 13.8 Å². The SMILES string of the molecule is CCOC(=O)c1c(C)oc2nc(CSc3nnc(NC(C)(C)C)s3)[nH]c(=O)c12. The summed E-state index contributed by atoms with van der Waals surface area (Å²) in [5.74, 6) is 0.510. The van der Waals surface area contributed by atoms with Crippen molar-refractivity contribution < 1.29 is 13.9 Å². The number of aryl methyl sites for hydroxylation is 1. The topological polar surface area (TPSA) is 123 Å². The molecule has 0 bridgehead atoms. The minimum absolute atomic E-state index is 0.104. The molecule has 3 aromatic heterocycles. The van der Waals surface area contributed by atoms with Gasteiger partial charge in [0.25, 0.3) is 5.56 Å². The summed E-state index contributed by atoms with van der Waals surface area (Å²) in [7, 11) is 0. The van der Waals surface area contributed by atoms with Crippen molar-refractivity contribution >= 4 is 45.3 Å². The highest BCUT2D eigenvalue weighted by atomic mass is 32.2. The number of furan rings is 1. The van der Waals surface area contributed by atoms with E-state index in [0.717, 1.165) is 9.47 Å². The molecule has 0 amide bonds. The molecule has 0 aromatic carbocycles. The molecule has 28 heavy (non-hydrogen) atoms. The average molecular weight is 424 g/mol. The second kappa shape index (κ2) is 7.92. The highest BCUT2D eigenvalue weighted by Gasteiger charge is 2.23. The normalized spacial score (nSPS) is 11.8. The minimum Gasteiger partial charge on any atom is -0.462 e.